The molecular formula is C25H42O7. The van der Waals surface area contributed by atoms with Crippen LogP contribution in [0.15, 0.2) is 0 Å². The van der Waals surface area contributed by atoms with Gasteiger partial charge in [0.2, 0.25) is 0 Å². The Bertz CT molecular complexity index is 661. The number of ether oxygens (including phenoxy) is 7. The molecule has 1 spiro atoms. The first-order valence-corrected chi connectivity index (χ1v) is 12.9. The second-order valence-corrected chi connectivity index (χ2v) is 11.1. The van der Waals surface area contributed by atoms with Gasteiger partial charge in [0.05, 0.1) is 12.7 Å². The van der Waals surface area contributed by atoms with E-state index in [1.54, 1.807) is 0 Å². The molecule has 0 radical (unpaired) electrons. The predicted molar refractivity (Wildman–Crippen MR) is 117 cm³/mol. The van der Waals surface area contributed by atoms with Gasteiger partial charge in [-0.1, -0.05) is 34.1 Å². The Morgan fingerprint density at radius 2 is 1.59 bits per heavy atom. The van der Waals surface area contributed by atoms with Crippen molar-refractivity contribution in [2.24, 2.45) is 17.8 Å². The van der Waals surface area contributed by atoms with Gasteiger partial charge < -0.3 is 33.2 Å². The first kappa shape index (κ1) is 23.5. The quantitative estimate of drug-likeness (QED) is 0.625. The highest BCUT2D eigenvalue weighted by Crippen LogP contribution is 2.48. The third-order valence-corrected chi connectivity index (χ3v) is 8.58. The van der Waals surface area contributed by atoms with Crippen LogP contribution in [0.5, 0.6) is 0 Å². The van der Waals surface area contributed by atoms with Gasteiger partial charge in [-0.25, -0.2) is 0 Å². The molecule has 4 unspecified atom stereocenters. The summed E-state index contributed by atoms with van der Waals surface area (Å²) >= 11 is 0. The summed E-state index contributed by atoms with van der Waals surface area (Å²) in [5.41, 5.74) is 0. The summed E-state index contributed by atoms with van der Waals surface area (Å²) in [5, 5.41) is 0. The van der Waals surface area contributed by atoms with E-state index in [1.165, 1.54) is 6.42 Å². The van der Waals surface area contributed by atoms with Crippen molar-refractivity contribution < 1.29 is 33.2 Å². The molecule has 5 rings (SSSR count). The van der Waals surface area contributed by atoms with Crippen LogP contribution in [0.25, 0.3) is 0 Å². The Balaban J connectivity index is 1.37. The Hall–Kier alpha value is -0.280. The molecule has 0 N–H and O–H groups in total. The third kappa shape index (κ3) is 4.16. The molecule has 10 atom stereocenters. The largest absolute Gasteiger partial charge is 0.349 e. The first-order valence-electron chi connectivity index (χ1n) is 12.9. The maximum atomic E-state index is 6.77. The molecule has 0 aromatic carbocycles. The fraction of sp³-hybridized carbons (Fsp3) is 1.00. The summed E-state index contributed by atoms with van der Waals surface area (Å²) in [6.45, 7) is 13.3. The standard InChI is InChI=1S/C25H42O7/c1-7-17-15(3)14(2)16(4)22(27-17)29-20-19(18-13-26-24(5,6)30-18)28-23-21(20)31-25(32-23)11-9-8-10-12-25/h14-23H,7-13H2,1-6H3/t14-,15-,16?,17?,18?,19+,20-,21?,22-,23+/m0/s1. The topological polar surface area (TPSA) is 64.6 Å². The minimum absolute atomic E-state index is 0.193. The summed E-state index contributed by atoms with van der Waals surface area (Å²) in [5.74, 6) is 0.122. The van der Waals surface area contributed by atoms with Crippen LogP contribution in [0.2, 0.25) is 0 Å². The van der Waals surface area contributed by atoms with E-state index in [0.717, 1.165) is 32.1 Å². The lowest BCUT2D eigenvalue weighted by Gasteiger charge is -2.45. The van der Waals surface area contributed by atoms with Gasteiger partial charge in [-0.05, 0) is 44.9 Å². The number of rotatable bonds is 4. The van der Waals surface area contributed by atoms with Gasteiger partial charge >= 0.3 is 0 Å². The van der Waals surface area contributed by atoms with Gasteiger partial charge in [0.15, 0.2) is 24.2 Å². The lowest BCUT2D eigenvalue weighted by molar-refractivity contribution is -0.299. The molecule has 184 valence electrons. The van der Waals surface area contributed by atoms with Crippen LogP contribution in [-0.4, -0.2) is 61.3 Å². The maximum absolute atomic E-state index is 6.77. The maximum Gasteiger partial charge on any atom is 0.190 e. The minimum atomic E-state index is -0.630. The van der Waals surface area contributed by atoms with Gasteiger partial charge in [-0.15, -0.1) is 0 Å². The van der Waals surface area contributed by atoms with Crippen LogP contribution in [0.3, 0.4) is 0 Å². The molecule has 5 fully saturated rings. The molecule has 1 saturated carbocycles. The summed E-state index contributed by atoms with van der Waals surface area (Å²) in [6, 6.07) is 0. The normalized spacial score (nSPS) is 50.1. The van der Waals surface area contributed by atoms with Crippen molar-refractivity contribution in [2.75, 3.05) is 6.61 Å². The summed E-state index contributed by atoms with van der Waals surface area (Å²) in [6.07, 6.45) is 4.59. The Morgan fingerprint density at radius 1 is 0.844 bits per heavy atom. The molecule has 7 nitrogen and oxygen atoms in total. The molecule has 5 aliphatic rings. The van der Waals surface area contributed by atoms with Crippen molar-refractivity contribution in [3.8, 4) is 0 Å². The fourth-order valence-electron chi connectivity index (χ4n) is 6.28. The molecule has 1 aliphatic carbocycles. The van der Waals surface area contributed by atoms with Crippen LogP contribution in [-0.2, 0) is 33.2 Å². The number of hydrogen-bond acceptors (Lipinski definition) is 7. The van der Waals surface area contributed by atoms with Crippen LogP contribution < -0.4 is 0 Å². The summed E-state index contributed by atoms with van der Waals surface area (Å²) in [7, 11) is 0. The fourth-order valence-corrected chi connectivity index (χ4v) is 6.28. The van der Waals surface area contributed by atoms with Crippen LogP contribution in [0, 0.1) is 17.8 Å². The zero-order valence-corrected chi connectivity index (χ0v) is 20.6. The highest BCUT2D eigenvalue weighted by Gasteiger charge is 2.62. The van der Waals surface area contributed by atoms with Gasteiger partial charge in [0, 0.05) is 18.8 Å². The van der Waals surface area contributed by atoms with E-state index in [1.807, 2.05) is 13.8 Å². The monoisotopic (exact) mass is 454 g/mol. The van der Waals surface area contributed by atoms with E-state index < -0.39 is 17.9 Å². The highest BCUT2D eigenvalue weighted by atomic mass is 16.9. The van der Waals surface area contributed by atoms with E-state index in [9.17, 15) is 0 Å². The van der Waals surface area contributed by atoms with Crippen molar-refractivity contribution in [2.45, 2.75) is 135 Å². The molecule has 0 aromatic rings. The van der Waals surface area contributed by atoms with Gasteiger partial charge in [-0.2, -0.15) is 0 Å². The lowest BCUT2D eigenvalue weighted by Crippen LogP contribution is -2.51. The Kier molecular flexibility index (Phi) is 6.41. The Labute approximate surface area is 192 Å². The Morgan fingerprint density at radius 3 is 2.25 bits per heavy atom. The second kappa shape index (κ2) is 8.74. The van der Waals surface area contributed by atoms with Crippen molar-refractivity contribution in [3.63, 3.8) is 0 Å². The van der Waals surface area contributed by atoms with E-state index in [0.29, 0.717) is 18.4 Å². The number of hydrogen-bond donors (Lipinski definition) is 0. The average Bonchev–Trinajstić information content (AvgIpc) is 3.39. The molecule has 0 amide bonds. The zero-order valence-electron chi connectivity index (χ0n) is 20.6. The van der Waals surface area contributed by atoms with Crippen LogP contribution in [0.4, 0.5) is 0 Å². The molecule has 0 bridgehead atoms. The minimum Gasteiger partial charge on any atom is -0.349 e. The molecule has 4 heterocycles. The molecule has 4 aliphatic heterocycles. The zero-order chi connectivity index (χ0) is 22.7. The third-order valence-electron chi connectivity index (χ3n) is 8.58. The van der Waals surface area contributed by atoms with Gasteiger partial charge in [-0.3, -0.25) is 0 Å². The van der Waals surface area contributed by atoms with Gasteiger partial charge in [0.25, 0.3) is 0 Å². The van der Waals surface area contributed by atoms with Crippen LogP contribution >= 0.6 is 0 Å². The van der Waals surface area contributed by atoms with Gasteiger partial charge in [0.1, 0.15) is 24.4 Å². The molecule has 4 saturated heterocycles. The lowest BCUT2D eigenvalue weighted by atomic mass is 9.78. The van der Waals surface area contributed by atoms with E-state index in [-0.39, 0.29) is 42.7 Å². The van der Waals surface area contributed by atoms with E-state index in [4.69, 9.17) is 33.2 Å². The van der Waals surface area contributed by atoms with Crippen molar-refractivity contribution >= 4 is 0 Å². The average molecular weight is 455 g/mol. The molecule has 32 heavy (non-hydrogen) atoms. The summed E-state index contributed by atoms with van der Waals surface area (Å²) in [4.78, 5) is 0. The van der Waals surface area contributed by atoms with Crippen LogP contribution in [0.1, 0.15) is 80.1 Å². The second-order valence-electron chi connectivity index (χ2n) is 11.1. The molecular weight excluding hydrogens is 412 g/mol. The summed E-state index contributed by atoms with van der Waals surface area (Å²) < 4.78 is 44.8. The van der Waals surface area contributed by atoms with E-state index in [2.05, 4.69) is 27.7 Å². The number of fused-ring (bicyclic) bond motifs is 1. The van der Waals surface area contributed by atoms with Crippen molar-refractivity contribution in [1.29, 1.82) is 0 Å². The predicted octanol–water partition coefficient (Wildman–Crippen LogP) is 4.37. The molecule has 7 heteroatoms. The van der Waals surface area contributed by atoms with Crippen molar-refractivity contribution in [1.82, 2.24) is 0 Å². The smallest absolute Gasteiger partial charge is 0.190 e. The highest BCUT2D eigenvalue weighted by molar-refractivity contribution is 5.01. The van der Waals surface area contributed by atoms with Crippen molar-refractivity contribution in [3.05, 3.63) is 0 Å². The first-order chi connectivity index (χ1) is 15.2. The molecule has 0 aromatic heterocycles. The van der Waals surface area contributed by atoms with E-state index >= 15 is 0 Å². The SMILES string of the molecule is CCC1O[C@@H](O[C@@H]2C3OC4(CCCCC4)O[C@H]3O[C@@H]2C2COC(C)(C)O2)C(C)[C@@H](C)[C@@H]1C.